The molecule has 0 saturated carbocycles. The lowest BCUT2D eigenvalue weighted by molar-refractivity contribution is 0.0741. The normalized spacial score (nSPS) is 21.1. The molecule has 7 heteroatoms. The van der Waals surface area contributed by atoms with Crippen molar-refractivity contribution in [1.29, 1.82) is 0 Å². The predicted octanol–water partition coefficient (Wildman–Crippen LogP) is 2.84. The Morgan fingerprint density at radius 2 is 2.32 bits per heavy atom. The van der Waals surface area contributed by atoms with Gasteiger partial charge in [-0.05, 0) is 25.0 Å². The van der Waals surface area contributed by atoms with Gasteiger partial charge in [0.15, 0.2) is 5.13 Å². The standard InChI is InChI=1S/C15H17N3O2S2/c16-15-17-9-5-6-18(8-13(9)22-15)14(19)12-4-3-11(21-12)10-2-1-7-20-10/h3-4,10H,1-2,5-8H2,(H2,16,17). The third-order valence-corrected chi connectivity index (χ3v) is 6.20. The summed E-state index contributed by atoms with van der Waals surface area (Å²) in [6, 6.07) is 3.97. The molecule has 0 bridgehead atoms. The van der Waals surface area contributed by atoms with Crippen LogP contribution in [0.3, 0.4) is 0 Å². The first-order valence-corrected chi connectivity index (χ1v) is 9.08. The molecule has 1 fully saturated rings. The molecule has 1 amide bonds. The van der Waals surface area contributed by atoms with E-state index in [0.29, 0.717) is 18.2 Å². The van der Waals surface area contributed by atoms with Gasteiger partial charge in [0.05, 0.1) is 23.2 Å². The molecule has 2 aliphatic heterocycles. The van der Waals surface area contributed by atoms with Gasteiger partial charge in [0, 0.05) is 29.3 Å². The number of nitrogen functional groups attached to an aromatic ring is 1. The smallest absolute Gasteiger partial charge is 0.264 e. The van der Waals surface area contributed by atoms with Crippen LogP contribution in [0.4, 0.5) is 5.13 Å². The summed E-state index contributed by atoms with van der Waals surface area (Å²) >= 11 is 3.05. The fourth-order valence-electron chi connectivity index (χ4n) is 2.99. The van der Waals surface area contributed by atoms with E-state index in [1.807, 2.05) is 17.0 Å². The van der Waals surface area contributed by atoms with Crippen molar-refractivity contribution in [3.63, 3.8) is 0 Å². The maximum atomic E-state index is 12.7. The van der Waals surface area contributed by atoms with Crippen LogP contribution in [0.25, 0.3) is 0 Å². The van der Waals surface area contributed by atoms with E-state index in [4.69, 9.17) is 10.5 Å². The molecule has 2 aliphatic rings. The fourth-order valence-corrected chi connectivity index (χ4v) is 4.94. The number of ether oxygens (including phenoxy) is 1. The van der Waals surface area contributed by atoms with Crippen LogP contribution in [0.5, 0.6) is 0 Å². The van der Waals surface area contributed by atoms with E-state index in [-0.39, 0.29) is 12.0 Å². The quantitative estimate of drug-likeness (QED) is 0.916. The van der Waals surface area contributed by atoms with Crippen molar-refractivity contribution in [3.05, 3.63) is 32.5 Å². The minimum Gasteiger partial charge on any atom is -0.375 e. The Morgan fingerprint density at radius 1 is 1.41 bits per heavy atom. The first-order chi connectivity index (χ1) is 10.7. The number of hydrogen-bond acceptors (Lipinski definition) is 6. The molecular weight excluding hydrogens is 318 g/mol. The zero-order valence-corrected chi connectivity index (χ0v) is 13.7. The molecule has 116 valence electrons. The number of hydrogen-bond donors (Lipinski definition) is 1. The summed E-state index contributed by atoms with van der Waals surface area (Å²) in [6.07, 6.45) is 3.13. The summed E-state index contributed by atoms with van der Waals surface area (Å²) in [6.45, 7) is 2.16. The van der Waals surface area contributed by atoms with Gasteiger partial charge in [0.25, 0.3) is 5.91 Å². The molecule has 0 aromatic carbocycles. The molecule has 4 rings (SSSR count). The van der Waals surface area contributed by atoms with Gasteiger partial charge in [0.1, 0.15) is 0 Å². The summed E-state index contributed by atoms with van der Waals surface area (Å²) in [5.41, 5.74) is 6.81. The number of thiophene rings is 1. The summed E-state index contributed by atoms with van der Waals surface area (Å²) in [5, 5.41) is 0.594. The molecule has 2 aromatic rings. The second-order valence-electron chi connectivity index (χ2n) is 5.60. The van der Waals surface area contributed by atoms with Crippen molar-refractivity contribution in [2.75, 3.05) is 18.9 Å². The lowest BCUT2D eigenvalue weighted by Crippen LogP contribution is -2.35. The highest BCUT2D eigenvalue weighted by atomic mass is 32.1. The van der Waals surface area contributed by atoms with Crippen molar-refractivity contribution in [2.45, 2.75) is 31.9 Å². The Kier molecular flexibility index (Phi) is 3.63. The van der Waals surface area contributed by atoms with Crippen LogP contribution in [-0.4, -0.2) is 28.9 Å². The van der Waals surface area contributed by atoms with Crippen molar-refractivity contribution in [3.8, 4) is 0 Å². The third kappa shape index (κ3) is 2.53. The molecular formula is C15H17N3O2S2. The number of nitrogens with two attached hydrogens (primary N) is 1. The number of aromatic nitrogens is 1. The molecule has 1 unspecified atom stereocenters. The van der Waals surface area contributed by atoms with Gasteiger partial charge < -0.3 is 15.4 Å². The largest absolute Gasteiger partial charge is 0.375 e. The van der Waals surface area contributed by atoms with Gasteiger partial charge in [-0.1, -0.05) is 0 Å². The van der Waals surface area contributed by atoms with Crippen molar-refractivity contribution in [2.24, 2.45) is 0 Å². The number of fused-ring (bicyclic) bond motifs is 1. The van der Waals surface area contributed by atoms with E-state index < -0.39 is 0 Å². The summed E-state index contributed by atoms with van der Waals surface area (Å²) in [7, 11) is 0. The molecule has 0 aliphatic carbocycles. The highest BCUT2D eigenvalue weighted by Gasteiger charge is 2.27. The topological polar surface area (TPSA) is 68.5 Å². The molecule has 2 aromatic heterocycles. The highest BCUT2D eigenvalue weighted by Crippen LogP contribution is 2.34. The maximum Gasteiger partial charge on any atom is 0.264 e. The number of carbonyl (C=O) groups excluding carboxylic acids is 1. The second-order valence-corrected chi connectivity index (χ2v) is 7.83. The molecule has 22 heavy (non-hydrogen) atoms. The van der Waals surface area contributed by atoms with Crippen LogP contribution >= 0.6 is 22.7 Å². The van der Waals surface area contributed by atoms with Crippen molar-refractivity contribution in [1.82, 2.24) is 9.88 Å². The molecule has 2 N–H and O–H groups in total. The first kappa shape index (κ1) is 14.2. The van der Waals surface area contributed by atoms with Gasteiger partial charge in [-0.15, -0.1) is 22.7 Å². The zero-order chi connectivity index (χ0) is 15.1. The van der Waals surface area contributed by atoms with Gasteiger partial charge in [-0.2, -0.15) is 0 Å². The van der Waals surface area contributed by atoms with Gasteiger partial charge in [-0.3, -0.25) is 4.79 Å². The molecule has 0 radical (unpaired) electrons. The number of rotatable bonds is 2. The van der Waals surface area contributed by atoms with E-state index in [1.54, 1.807) is 11.3 Å². The van der Waals surface area contributed by atoms with E-state index in [2.05, 4.69) is 4.98 Å². The minimum absolute atomic E-state index is 0.104. The number of thiazole rings is 1. The monoisotopic (exact) mass is 335 g/mol. The number of carbonyl (C=O) groups is 1. The van der Waals surface area contributed by atoms with E-state index >= 15 is 0 Å². The minimum atomic E-state index is 0.104. The van der Waals surface area contributed by atoms with Gasteiger partial charge in [0.2, 0.25) is 0 Å². The van der Waals surface area contributed by atoms with Crippen molar-refractivity contribution < 1.29 is 9.53 Å². The van der Waals surface area contributed by atoms with Crippen molar-refractivity contribution >= 4 is 33.7 Å². The molecule has 1 atom stereocenters. The highest BCUT2D eigenvalue weighted by molar-refractivity contribution is 7.15. The van der Waals surface area contributed by atoms with Crippen LogP contribution in [0.1, 0.15) is 44.1 Å². The Bertz CT molecular complexity index is 703. The van der Waals surface area contributed by atoms with Gasteiger partial charge >= 0.3 is 0 Å². The lowest BCUT2D eigenvalue weighted by atomic mass is 10.1. The maximum absolute atomic E-state index is 12.7. The number of anilines is 1. The number of nitrogens with zero attached hydrogens (tertiary/aromatic N) is 2. The SMILES string of the molecule is Nc1nc2c(s1)CN(C(=O)c1ccc(C3CCCO3)s1)CC2. The van der Waals surface area contributed by atoms with Crippen LogP contribution in [-0.2, 0) is 17.7 Å². The molecule has 1 saturated heterocycles. The Labute approximate surface area is 136 Å². The summed E-state index contributed by atoms with van der Waals surface area (Å²) < 4.78 is 5.69. The zero-order valence-electron chi connectivity index (χ0n) is 12.1. The molecule has 5 nitrogen and oxygen atoms in total. The van der Waals surface area contributed by atoms with E-state index in [1.165, 1.54) is 16.2 Å². The van der Waals surface area contributed by atoms with Crippen LogP contribution in [0.2, 0.25) is 0 Å². The average Bonchev–Trinajstić information content (AvgIpc) is 3.24. The number of amides is 1. The van der Waals surface area contributed by atoms with E-state index in [0.717, 1.165) is 41.3 Å². The molecule has 4 heterocycles. The van der Waals surface area contributed by atoms with Gasteiger partial charge in [-0.25, -0.2) is 4.98 Å². The second kappa shape index (κ2) is 5.64. The summed E-state index contributed by atoms with van der Waals surface area (Å²) in [4.78, 5) is 22.0. The molecule has 0 spiro atoms. The Morgan fingerprint density at radius 3 is 3.14 bits per heavy atom. The van der Waals surface area contributed by atoms with E-state index in [9.17, 15) is 4.79 Å². The van der Waals surface area contributed by atoms with Crippen LogP contribution in [0.15, 0.2) is 12.1 Å². The average molecular weight is 335 g/mol. The Hall–Kier alpha value is -1.44. The van der Waals surface area contributed by atoms with Crippen LogP contribution < -0.4 is 5.73 Å². The summed E-state index contributed by atoms with van der Waals surface area (Å²) in [5.74, 6) is 0.104. The van der Waals surface area contributed by atoms with Crippen LogP contribution in [0, 0.1) is 0 Å². The Balaban J connectivity index is 1.50. The first-order valence-electron chi connectivity index (χ1n) is 7.45. The third-order valence-electron chi connectivity index (χ3n) is 4.12. The fraction of sp³-hybridized carbons (Fsp3) is 0.467. The lowest BCUT2D eigenvalue weighted by Gasteiger charge is -2.25. The predicted molar refractivity (Wildman–Crippen MR) is 87.2 cm³/mol.